The Kier molecular flexibility index (Phi) is 7.28. The summed E-state index contributed by atoms with van der Waals surface area (Å²) in [6.07, 6.45) is 0.626. The molecule has 2 aromatic carbocycles. The lowest BCUT2D eigenvalue weighted by Crippen LogP contribution is -2.47. The minimum absolute atomic E-state index is 0.0584. The molecule has 0 fully saturated rings. The first-order valence-electron chi connectivity index (χ1n) is 9.24. The van der Waals surface area contributed by atoms with Gasteiger partial charge in [0.2, 0.25) is 5.91 Å². The summed E-state index contributed by atoms with van der Waals surface area (Å²) in [5.41, 5.74) is 2.10. The van der Waals surface area contributed by atoms with Crippen LogP contribution in [0.15, 0.2) is 59.5 Å². The topological polar surface area (TPSA) is 69.6 Å². The third-order valence-corrected chi connectivity index (χ3v) is 6.25. The third kappa shape index (κ3) is 5.69. The molecule has 0 bridgehead atoms. The molecular formula is C21H24N2O3S2. The summed E-state index contributed by atoms with van der Waals surface area (Å²) in [5.74, 6) is -0.187. The zero-order valence-corrected chi connectivity index (χ0v) is 17.2. The number of anilines is 1. The molecular weight excluding hydrogens is 392 g/mol. The van der Waals surface area contributed by atoms with E-state index >= 15 is 0 Å². The Hall–Kier alpha value is -2.12. The normalized spacial score (nSPS) is 17.3. The fraction of sp³-hybridized carbons (Fsp3) is 0.333. The average molecular weight is 417 g/mol. The maximum atomic E-state index is 12.7. The van der Waals surface area contributed by atoms with Crippen LogP contribution in [0.2, 0.25) is 0 Å². The van der Waals surface area contributed by atoms with Crippen molar-refractivity contribution in [3.05, 3.63) is 60.2 Å². The highest BCUT2D eigenvalue weighted by Gasteiger charge is 2.25. The molecule has 1 aliphatic heterocycles. The molecule has 2 atom stereocenters. The maximum absolute atomic E-state index is 12.7. The van der Waals surface area contributed by atoms with E-state index < -0.39 is 11.2 Å². The van der Waals surface area contributed by atoms with Crippen LogP contribution < -0.4 is 10.2 Å². The van der Waals surface area contributed by atoms with Crippen LogP contribution in [0.1, 0.15) is 12.0 Å². The van der Waals surface area contributed by atoms with Crippen molar-refractivity contribution in [1.29, 1.82) is 0 Å². The second kappa shape index (κ2) is 9.89. The van der Waals surface area contributed by atoms with E-state index in [9.17, 15) is 9.59 Å². The lowest BCUT2D eigenvalue weighted by molar-refractivity contribution is -0.136. The van der Waals surface area contributed by atoms with Gasteiger partial charge in [0.05, 0.1) is 23.4 Å². The van der Waals surface area contributed by atoms with Crippen molar-refractivity contribution in [2.75, 3.05) is 23.7 Å². The predicted molar refractivity (Wildman–Crippen MR) is 116 cm³/mol. The number of thiol groups is 1. The summed E-state index contributed by atoms with van der Waals surface area (Å²) in [6, 6.07) is 17.7. The number of para-hydroxylation sites is 1. The summed E-state index contributed by atoms with van der Waals surface area (Å²) < 4.78 is 0. The molecule has 5 nitrogen and oxygen atoms in total. The molecule has 0 saturated heterocycles. The summed E-state index contributed by atoms with van der Waals surface area (Å²) in [7, 11) is 0. The lowest BCUT2D eigenvalue weighted by Gasteiger charge is -2.28. The standard InChI is InChI=1S/C21H24N2O3S2/c24-20(25)10-11-23-13-16(14-28-19-9-5-4-8-17(19)23)22-21(26)18(27)12-15-6-2-1-3-7-15/h1-9,16,18,27H,10-14H2,(H,22,26)(H,24,25)/t16-,18+/m0/s1. The number of benzene rings is 2. The zero-order chi connectivity index (χ0) is 19.9. The number of carbonyl (C=O) groups excluding carboxylic acids is 1. The number of aliphatic carboxylic acids is 1. The molecule has 1 heterocycles. The number of rotatable bonds is 7. The van der Waals surface area contributed by atoms with Crippen LogP contribution in [-0.4, -0.2) is 47.1 Å². The molecule has 148 valence electrons. The summed E-state index contributed by atoms with van der Waals surface area (Å²) in [4.78, 5) is 26.9. The Bertz CT molecular complexity index is 816. The van der Waals surface area contributed by atoms with Crippen molar-refractivity contribution >= 4 is 42.0 Å². The summed E-state index contributed by atoms with van der Waals surface area (Å²) in [6.45, 7) is 0.989. The molecule has 3 rings (SSSR count). The van der Waals surface area contributed by atoms with Crippen LogP contribution in [0.4, 0.5) is 5.69 Å². The molecule has 0 unspecified atom stereocenters. The van der Waals surface area contributed by atoms with Gasteiger partial charge in [0.1, 0.15) is 0 Å². The van der Waals surface area contributed by atoms with Crippen LogP contribution in [0.3, 0.4) is 0 Å². The number of carbonyl (C=O) groups is 2. The molecule has 28 heavy (non-hydrogen) atoms. The SMILES string of the molecule is O=C(O)CCN1C[C@H](NC(=O)[C@H](S)Cc2ccccc2)CSc2ccccc21. The molecule has 1 amide bonds. The van der Waals surface area contributed by atoms with Gasteiger partial charge in [-0.25, -0.2) is 0 Å². The van der Waals surface area contributed by atoms with Gasteiger partial charge in [0, 0.05) is 23.7 Å². The van der Waals surface area contributed by atoms with Gasteiger partial charge in [-0.3, -0.25) is 9.59 Å². The van der Waals surface area contributed by atoms with E-state index in [1.54, 1.807) is 11.8 Å². The van der Waals surface area contributed by atoms with E-state index in [0.29, 0.717) is 19.5 Å². The number of carboxylic acid groups (broad SMARTS) is 1. The van der Waals surface area contributed by atoms with Gasteiger partial charge in [0.15, 0.2) is 0 Å². The number of amides is 1. The number of nitrogens with one attached hydrogen (secondary N) is 1. The highest BCUT2D eigenvalue weighted by molar-refractivity contribution is 7.99. The predicted octanol–water partition coefficient (Wildman–Crippen LogP) is 3.10. The third-order valence-electron chi connectivity index (χ3n) is 4.60. The first-order chi connectivity index (χ1) is 13.5. The summed E-state index contributed by atoms with van der Waals surface area (Å²) >= 11 is 6.18. The highest BCUT2D eigenvalue weighted by atomic mass is 32.2. The number of fused-ring (bicyclic) bond motifs is 1. The van der Waals surface area contributed by atoms with Gasteiger partial charge in [-0.2, -0.15) is 12.6 Å². The smallest absolute Gasteiger partial charge is 0.305 e. The molecule has 0 spiro atoms. The van der Waals surface area contributed by atoms with Crippen LogP contribution in [-0.2, 0) is 16.0 Å². The van der Waals surface area contributed by atoms with Gasteiger partial charge in [-0.15, -0.1) is 11.8 Å². The van der Waals surface area contributed by atoms with Crippen molar-refractivity contribution in [2.24, 2.45) is 0 Å². The zero-order valence-electron chi connectivity index (χ0n) is 15.5. The maximum Gasteiger partial charge on any atom is 0.305 e. The Morgan fingerprint density at radius 2 is 1.89 bits per heavy atom. The van der Waals surface area contributed by atoms with E-state index in [1.165, 1.54) is 0 Å². The number of thioether (sulfide) groups is 1. The quantitative estimate of drug-likeness (QED) is 0.605. The second-order valence-corrected chi connectivity index (χ2v) is 8.46. The van der Waals surface area contributed by atoms with E-state index in [2.05, 4.69) is 22.8 Å². The molecule has 0 radical (unpaired) electrons. The Morgan fingerprint density at radius 1 is 1.18 bits per heavy atom. The largest absolute Gasteiger partial charge is 0.481 e. The molecule has 0 aliphatic carbocycles. The average Bonchev–Trinajstić information content (AvgIpc) is 2.86. The minimum Gasteiger partial charge on any atom is -0.481 e. The van der Waals surface area contributed by atoms with Gasteiger partial charge >= 0.3 is 5.97 Å². The van der Waals surface area contributed by atoms with Gasteiger partial charge in [-0.1, -0.05) is 42.5 Å². The van der Waals surface area contributed by atoms with E-state index in [4.69, 9.17) is 5.11 Å². The monoisotopic (exact) mass is 416 g/mol. The van der Waals surface area contributed by atoms with Crippen molar-refractivity contribution in [3.8, 4) is 0 Å². The Labute approximate surface area is 174 Å². The first-order valence-corrected chi connectivity index (χ1v) is 10.7. The van der Waals surface area contributed by atoms with Gasteiger partial charge in [-0.05, 0) is 24.1 Å². The summed E-state index contributed by atoms with van der Waals surface area (Å²) in [5, 5.41) is 11.8. The Morgan fingerprint density at radius 3 is 2.64 bits per heavy atom. The highest BCUT2D eigenvalue weighted by Crippen LogP contribution is 2.33. The van der Waals surface area contributed by atoms with E-state index in [-0.39, 0.29) is 18.4 Å². The fourth-order valence-electron chi connectivity index (χ4n) is 3.21. The molecule has 1 aliphatic rings. The molecule has 2 N–H and O–H groups in total. The fourth-order valence-corrected chi connectivity index (χ4v) is 4.58. The Balaban J connectivity index is 1.65. The van der Waals surface area contributed by atoms with Gasteiger partial charge < -0.3 is 15.3 Å². The van der Waals surface area contributed by atoms with Crippen molar-refractivity contribution in [2.45, 2.75) is 29.0 Å². The molecule has 2 aromatic rings. The van der Waals surface area contributed by atoms with Crippen LogP contribution in [0, 0.1) is 0 Å². The molecule has 0 aromatic heterocycles. The number of carboxylic acids is 1. The van der Waals surface area contributed by atoms with E-state index in [0.717, 1.165) is 21.9 Å². The minimum atomic E-state index is -0.826. The first kappa shape index (κ1) is 20.6. The molecule has 7 heteroatoms. The van der Waals surface area contributed by atoms with Crippen molar-refractivity contribution in [3.63, 3.8) is 0 Å². The van der Waals surface area contributed by atoms with Crippen LogP contribution in [0.5, 0.6) is 0 Å². The van der Waals surface area contributed by atoms with Crippen LogP contribution >= 0.6 is 24.4 Å². The van der Waals surface area contributed by atoms with Gasteiger partial charge in [0.25, 0.3) is 0 Å². The molecule has 0 saturated carbocycles. The van der Waals surface area contributed by atoms with Crippen molar-refractivity contribution < 1.29 is 14.7 Å². The number of hydrogen-bond donors (Lipinski definition) is 3. The second-order valence-electron chi connectivity index (χ2n) is 6.78. The number of nitrogens with zero attached hydrogens (tertiary/aromatic N) is 1. The van der Waals surface area contributed by atoms with Crippen LogP contribution in [0.25, 0.3) is 0 Å². The number of hydrogen-bond acceptors (Lipinski definition) is 5. The van der Waals surface area contributed by atoms with Crippen molar-refractivity contribution in [1.82, 2.24) is 5.32 Å². The van der Waals surface area contributed by atoms with E-state index in [1.807, 2.05) is 54.6 Å². The lowest BCUT2D eigenvalue weighted by atomic mass is 10.1.